The van der Waals surface area contributed by atoms with Gasteiger partial charge in [0.1, 0.15) is 5.60 Å². The summed E-state index contributed by atoms with van der Waals surface area (Å²) in [6, 6.07) is -0.105. The highest BCUT2D eigenvalue weighted by molar-refractivity contribution is 8.15. The fourth-order valence-electron chi connectivity index (χ4n) is 2.75. The molecule has 0 aromatic rings. The fourth-order valence-corrected chi connectivity index (χ4v) is 6.79. The topological polar surface area (TPSA) is 105 Å². The third kappa shape index (κ3) is 5.60. The number of nitrogens with one attached hydrogen (secondary N) is 1. The van der Waals surface area contributed by atoms with Crippen LogP contribution in [0.2, 0.25) is 0 Å². The Bertz CT molecular complexity index is 669. The van der Waals surface area contributed by atoms with E-state index in [9.17, 15) is 18.0 Å². The first-order valence-corrected chi connectivity index (χ1v) is 10.9. The SMILES string of the molecule is CCN1C(=NC(=O)CCNC(=O)OC(C)(C)C)S[C@@H]2CS(=O)(=O)C[C@H]21. The molecule has 142 valence electrons. The van der Waals surface area contributed by atoms with E-state index >= 15 is 0 Å². The van der Waals surface area contributed by atoms with Gasteiger partial charge in [-0.25, -0.2) is 13.2 Å². The predicted octanol–water partition coefficient (Wildman–Crippen LogP) is 1.02. The Balaban J connectivity index is 1.86. The predicted molar refractivity (Wildman–Crippen MR) is 97.5 cm³/mol. The maximum absolute atomic E-state index is 12.0. The summed E-state index contributed by atoms with van der Waals surface area (Å²) in [5, 5.41) is 3.04. The van der Waals surface area contributed by atoms with Gasteiger partial charge in [0.05, 0.1) is 17.5 Å². The lowest BCUT2D eigenvalue weighted by molar-refractivity contribution is -0.117. The van der Waals surface area contributed by atoms with Crippen LogP contribution in [0, 0.1) is 0 Å². The summed E-state index contributed by atoms with van der Waals surface area (Å²) in [6.45, 7) is 7.94. The van der Waals surface area contributed by atoms with Crippen LogP contribution in [-0.2, 0) is 19.4 Å². The number of fused-ring (bicyclic) bond motifs is 1. The normalized spacial score (nSPS) is 26.6. The lowest BCUT2D eigenvalue weighted by Gasteiger charge is -2.22. The lowest BCUT2D eigenvalue weighted by Crippen LogP contribution is -2.37. The van der Waals surface area contributed by atoms with Gasteiger partial charge < -0.3 is 15.0 Å². The van der Waals surface area contributed by atoms with Crippen LogP contribution >= 0.6 is 11.8 Å². The van der Waals surface area contributed by atoms with Crippen molar-refractivity contribution >= 4 is 38.8 Å². The van der Waals surface area contributed by atoms with Crippen LogP contribution in [0.4, 0.5) is 4.79 Å². The average molecular weight is 392 g/mol. The van der Waals surface area contributed by atoms with Gasteiger partial charge in [0.2, 0.25) is 5.91 Å². The molecule has 1 N–H and O–H groups in total. The number of ether oxygens (including phenoxy) is 1. The van der Waals surface area contributed by atoms with Crippen molar-refractivity contribution in [2.24, 2.45) is 4.99 Å². The summed E-state index contributed by atoms with van der Waals surface area (Å²) < 4.78 is 28.6. The first-order valence-electron chi connectivity index (χ1n) is 8.23. The minimum absolute atomic E-state index is 0.0589. The number of rotatable bonds is 4. The summed E-state index contributed by atoms with van der Waals surface area (Å²) in [6.07, 6.45) is -0.507. The van der Waals surface area contributed by atoms with Gasteiger partial charge >= 0.3 is 6.09 Å². The summed E-state index contributed by atoms with van der Waals surface area (Å²) in [4.78, 5) is 29.6. The van der Waals surface area contributed by atoms with E-state index in [2.05, 4.69) is 10.3 Å². The molecule has 25 heavy (non-hydrogen) atoms. The summed E-state index contributed by atoms with van der Waals surface area (Å²) in [5.41, 5.74) is -0.589. The maximum Gasteiger partial charge on any atom is 0.407 e. The van der Waals surface area contributed by atoms with Gasteiger partial charge in [-0.2, -0.15) is 4.99 Å². The summed E-state index contributed by atoms with van der Waals surface area (Å²) in [7, 11) is -3.00. The minimum Gasteiger partial charge on any atom is -0.444 e. The molecule has 2 aliphatic heterocycles. The molecule has 2 rings (SSSR count). The molecule has 2 amide bonds. The molecule has 0 aliphatic carbocycles. The van der Waals surface area contributed by atoms with Crippen molar-refractivity contribution in [3.05, 3.63) is 0 Å². The summed E-state index contributed by atoms with van der Waals surface area (Å²) in [5.74, 6) is -0.0992. The highest BCUT2D eigenvalue weighted by Gasteiger charge is 2.48. The largest absolute Gasteiger partial charge is 0.444 e. The van der Waals surface area contributed by atoms with Crippen LogP contribution in [0.15, 0.2) is 4.99 Å². The standard InChI is InChI=1S/C15H25N3O5S2/c1-5-18-10-8-25(21,22)9-11(10)24-13(18)17-12(19)6-7-16-14(20)23-15(2,3)4/h10-11H,5-9H2,1-4H3,(H,16,20)/t10-,11-/m1/s1. The molecule has 10 heteroatoms. The number of carbonyl (C=O) groups excluding carboxylic acids is 2. The molecule has 0 unspecified atom stereocenters. The van der Waals surface area contributed by atoms with Gasteiger partial charge in [-0.05, 0) is 27.7 Å². The number of alkyl carbamates (subject to hydrolysis) is 1. The molecule has 2 atom stereocenters. The quantitative estimate of drug-likeness (QED) is 0.763. The lowest BCUT2D eigenvalue weighted by atomic mass is 10.2. The van der Waals surface area contributed by atoms with E-state index in [1.165, 1.54) is 11.8 Å². The third-order valence-electron chi connectivity index (χ3n) is 3.74. The van der Waals surface area contributed by atoms with Crippen molar-refractivity contribution in [2.75, 3.05) is 24.6 Å². The van der Waals surface area contributed by atoms with Crippen molar-refractivity contribution in [3.8, 4) is 0 Å². The number of hydrogen-bond acceptors (Lipinski definition) is 6. The van der Waals surface area contributed by atoms with Crippen LogP contribution in [0.25, 0.3) is 0 Å². The fraction of sp³-hybridized carbons (Fsp3) is 0.800. The van der Waals surface area contributed by atoms with Crippen molar-refractivity contribution in [2.45, 2.75) is 51.0 Å². The second kappa shape index (κ2) is 7.53. The monoisotopic (exact) mass is 391 g/mol. The number of thioether (sulfide) groups is 1. The van der Waals surface area contributed by atoms with Crippen LogP contribution < -0.4 is 5.32 Å². The molecule has 0 saturated carbocycles. The Morgan fingerprint density at radius 2 is 2.04 bits per heavy atom. The number of amidine groups is 1. The van der Waals surface area contributed by atoms with E-state index in [0.717, 1.165) is 0 Å². The van der Waals surface area contributed by atoms with E-state index in [-0.39, 0.29) is 41.7 Å². The van der Waals surface area contributed by atoms with E-state index in [1.807, 2.05) is 11.8 Å². The van der Waals surface area contributed by atoms with E-state index < -0.39 is 21.5 Å². The Morgan fingerprint density at radius 3 is 2.64 bits per heavy atom. The number of carbonyl (C=O) groups is 2. The van der Waals surface area contributed by atoms with Crippen LogP contribution in [-0.4, -0.2) is 72.0 Å². The Kier molecular flexibility index (Phi) is 6.03. The molecule has 2 saturated heterocycles. The first-order chi connectivity index (χ1) is 11.5. The van der Waals surface area contributed by atoms with Gasteiger partial charge in [0.15, 0.2) is 15.0 Å². The zero-order valence-corrected chi connectivity index (χ0v) is 16.6. The van der Waals surface area contributed by atoms with E-state index in [0.29, 0.717) is 11.7 Å². The smallest absolute Gasteiger partial charge is 0.407 e. The van der Waals surface area contributed by atoms with Gasteiger partial charge in [-0.1, -0.05) is 11.8 Å². The van der Waals surface area contributed by atoms with Crippen molar-refractivity contribution in [1.29, 1.82) is 0 Å². The third-order valence-corrected chi connectivity index (χ3v) is 6.99. The molecule has 0 spiro atoms. The van der Waals surface area contributed by atoms with Crippen molar-refractivity contribution in [1.82, 2.24) is 10.2 Å². The van der Waals surface area contributed by atoms with Gasteiger partial charge in [-0.15, -0.1) is 0 Å². The number of hydrogen-bond donors (Lipinski definition) is 1. The first kappa shape index (κ1) is 20.0. The molecule has 0 bridgehead atoms. The molecular formula is C15H25N3O5S2. The minimum atomic E-state index is -3.00. The molecule has 2 fully saturated rings. The van der Waals surface area contributed by atoms with Crippen molar-refractivity contribution < 1.29 is 22.7 Å². The zero-order valence-electron chi connectivity index (χ0n) is 14.9. The summed E-state index contributed by atoms with van der Waals surface area (Å²) >= 11 is 1.36. The number of aliphatic imine (C=N–C) groups is 1. The van der Waals surface area contributed by atoms with E-state index in [4.69, 9.17) is 4.74 Å². The van der Waals surface area contributed by atoms with Gasteiger partial charge in [-0.3, -0.25) is 4.79 Å². The number of nitrogens with zero attached hydrogens (tertiary/aromatic N) is 2. The zero-order chi connectivity index (χ0) is 18.8. The average Bonchev–Trinajstić information content (AvgIpc) is 2.87. The van der Waals surface area contributed by atoms with Crippen LogP contribution in [0.3, 0.4) is 0 Å². The molecule has 2 heterocycles. The van der Waals surface area contributed by atoms with Crippen LogP contribution in [0.1, 0.15) is 34.1 Å². The Labute approximate surface area is 152 Å². The molecule has 0 aromatic heterocycles. The van der Waals surface area contributed by atoms with E-state index in [1.54, 1.807) is 20.8 Å². The highest BCUT2D eigenvalue weighted by Crippen LogP contribution is 2.37. The Morgan fingerprint density at radius 1 is 1.36 bits per heavy atom. The van der Waals surface area contributed by atoms with Crippen LogP contribution in [0.5, 0.6) is 0 Å². The second-order valence-corrected chi connectivity index (χ2v) is 10.4. The highest BCUT2D eigenvalue weighted by atomic mass is 32.2. The maximum atomic E-state index is 12.0. The van der Waals surface area contributed by atoms with Gasteiger partial charge in [0.25, 0.3) is 0 Å². The molecular weight excluding hydrogens is 366 g/mol. The molecule has 2 aliphatic rings. The second-order valence-electron chi connectivity index (χ2n) is 7.05. The molecule has 8 nitrogen and oxygen atoms in total. The van der Waals surface area contributed by atoms with Crippen molar-refractivity contribution in [3.63, 3.8) is 0 Å². The number of amides is 2. The van der Waals surface area contributed by atoms with Gasteiger partial charge in [0, 0.05) is 24.8 Å². The molecule has 0 aromatic carbocycles. The number of sulfone groups is 1. The molecule has 0 radical (unpaired) electrons. The Hall–Kier alpha value is -1.29.